The zero-order valence-electron chi connectivity index (χ0n) is 12.1. The maximum absolute atomic E-state index is 4.69. The molecule has 1 heteroatoms. The maximum Gasteiger partial charge on any atom is 0.0459 e. The van der Waals surface area contributed by atoms with Crippen molar-refractivity contribution in [2.45, 2.75) is 79.6 Å². The molecule has 0 aromatic heterocycles. The highest BCUT2D eigenvalue weighted by Crippen LogP contribution is 1.88. The van der Waals surface area contributed by atoms with E-state index in [1.54, 1.807) is 7.11 Å². The first kappa shape index (κ1) is 20.4. The lowest BCUT2D eigenvalue weighted by Crippen LogP contribution is -1.80. The number of methoxy groups -OCH3 is 1. The molecular weight excluding hydrogens is 184 g/mol. The van der Waals surface area contributed by atoms with E-state index in [1.807, 2.05) is 0 Å². The molecule has 0 amide bonds. The molecule has 0 heterocycles. The van der Waals surface area contributed by atoms with Crippen LogP contribution in [-0.4, -0.2) is 13.7 Å². The standard InChI is InChI=1S/2C5H12.C4H10O/c2*1-3-5-4-2;1-3-4-5-2/h2*3-5H2,1-2H3;3-4H2,1-2H3. The van der Waals surface area contributed by atoms with Crippen molar-refractivity contribution in [3.05, 3.63) is 0 Å². The Bertz CT molecular complexity index is 42.1. The Labute approximate surface area is 98.6 Å². The fraction of sp³-hybridized carbons (Fsp3) is 1.00. The number of hydrogen-bond donors (Lipinski definition) is 0. The van der Waals surface area contributed by atoms with Gasteiger partial charge in [-0.2, -0.15) is 0 Å². The van der Waals surface area contributed by atoms with Crippen molar-refractivity contribution in [3.8, 4) is 0 Å². The number of rotatable bonds is 6. The van der Waals surface area contributed by atoms with Gasteiger partial charge < -0.3 is 4.74 Å². The fourth-order valence-electron chi connectivity index (χ4n) is 0.911. The van der Waals surface area contributed by atoms with Crippen molar-refractivity contribution < 1.29 is 4.74 Å². The molecule has 0 radical (unpaired) electrons. The van der Waals surface area contributed by atoms with Gasteiger partial charge in [-0.15, -0.1) is 0 Å². The van der Waals surface area contributed by atoms with E-state index >= 15 is 0 Å². The van der Waals surface area contributed by atoms with Gasteiger partial charge in [0.25, 0.3) is 0 Å². The van der Waals surface area contributed by atoms with Crippen LogP contribution in [0.2, 0.25) is 0 Å². The summed E-state index contributed by atoms with van der Waals surface area (Å²) < 4.78 is 4.69. The average molecular weight is 218 g/mol. The molecular formula is C14H34O. The first-order chi connectivity index (χ1) is 7.24. The van der Waals surface area contributed by atoms with Gasteiger partial charge in [-0.1, -0.05) is 73.1 Å². The van der Waals surface area contributed by atoms with Crippen LogP contribution in [0.15, 0.2) is 0 Å². The molecule has 0 rings (SSSR count). The molecule has 15 heavy (non-hydrogen) atoms. The molecule has 0 fully saturated rings. The summed E-state index contributed by atoms with van der Waals surface area (Å²) in [6.45, 7) is 11.8. The monoisotopic (exact) mass is 218 g/mol. The third-order valence-electron chi connectivity index (χ3n) is 1.82. The third kappa shape index (κ3) is 56.2. The molecule has 0 aromatic carbocycles. The lowest BCUT2D eigenvalue weighted by Gasteiger charge is -1.84. The van der Waals surface area contributed by atoms with E-state index in [1.165, 1.54) is 38.5 Å². The molecule has 0 spiro atoms. The number of unbranched alkanes of at least 4 members (excludes halogenated alkanes) is 4. The largest absolute Gasteiger partial charge is 0.385 e. The molecule has 0 saturated heterocycles. The van der Waals surface area contributed by atoms with Crippen molar-refractivity contribution >= 4 is 0 Å². The Morgan fingerprint density at radius 1 is 0.600 bits per heavy atom. The van der Waals surface area contributed by atoms with Gasteiger partial charge in [-0.25, -0.2) is 0 Å². The maximum atomic E-state index is 4.69. The van der Waals surface area contributed by atoms with E-state index in [4.69, 9.17) is 4.74 Å². The van der Waals surface area contributed by atoms with Gasteiger partial charge in [0.1, 0.15) is 0 Å². The van der Waals surface area contributed by atoms with Crippen LogP contribution in [0.1, 0.15) is 79.6 Å². The Morgan fingerprint density at radius 3 is 0.933 bits per heavy atom. The zero-order chi connectivity index (χ0) is 12.4. The summed E-state index contributed by atoms with van der Waals surface area (Å²) in [6.07, 6.45) is 9.27. The van der Waals surface area contributed by atoms with Crippen molar-refractivity contribution in [1.82, 2.24) is 0 Å². The first-order valence-corrected chi connectivity index (χ1v) is 6.73. The highest BCUT2D eigenvalue weighted by molar-refractivity contribution is 4.24. The van der Waals surface area contributed by atoms with Crippen LogP contribution < -0.4 is 0 Å². The van der Waals surface area contributed by atoms with Gasteiger partial charge in [0, 0.05) is 13.7 Å². The topological polar surface area (TPSA) is 9.23 Å². The molecule has 0 saturated carbocycles. The summed E-state index contributed by atoms with van der Waals surface area (Å²) in [6, 6.07) is 0. The number of hydrogen-bond acceptors (Lipinski definition) is 1. The molecule has 0 bridgehead atoms. The quantitative estimate of drug-likeness (QED) is 0.577. The molecule has 0 aliphatic carbocycles. The highest BCUT2D eigenvalue weighted by atomic mass is 16.5. The minimum atomic E-state index is 0.889. The Morgan fingerprint density at radius 2 is 0.933 bits per heavy atom. The zero-order valence-corrected chi connectivity index (χ0v) is 12.1. The van der Waals surface area contributed by atoms with Crippen LogP contribution in [-0.2, 0) is 4.74 Å². The van der Waals surface area contributed by atoms with Crippen LogP contribution in [0.3, 0.4) is 0 Å². The predicted molar refractivity (Wildman–Crippen MR) is 72.6 cm³/mol. The van der Waals surface area contributed by atoms with Gasteiger partial charge in [0.2, 0.25) is 0 Å². The van der Waals surface area contributed by atoms with Crippen molar-refractivity contribution in [2.24, 2.45) is 0 Å². The van der Waals surface area contributed by atoms with Crippen molar-refractivity contribution in [1.29, 1.82) is 0 Å². The number of ether oxygens (including phenoxy) is 1. The van der Waals surface area contributed by atoms with E-state index < -0.39 is 0 Å². The van der Waals surface area contributed by atoms with Crippen molar-refractivity contribution in [2.75, 3.05) is 13.7 Å². The minimum absolute atomic E-state index is 0.889. The predicted octanol–water partition coefficient (Wildman–Crippen LogP) is 5.44. The normalized spacial score (nSPS) is 8.40. The molecule has 1 nitrogen and oxygen atoms in total. The van der Waals surface area contributed by atoms with Gasteiger partial charge in [-0.05, 0) is 6.42 Å². The van der Waals surface area contributed by atoms with Crippen LogP contribution >= 0.6 is 0 Å². The Balaban J connectivity index is -0.000000144. The Hall–Kier alpha value is -0.0400. The molecule has 0 unspecified atom stereocenters. The SMILES string of the molecule is CCCCC.CCCCC.CCCOC. The van der Waals surface area contributed by atoms with E-state index in [-0.39, 0.29) is 0 Å². The average Bonchev–Trinajstić information content (AvgIpc) is 2.23. The molecule has 0 atom stereocenters. The van der Waals surface area contributed by atoms with E-state index in [0.29, 0.717) is 0 Å². The second-order valence-corrected chi connectivity index (χ2v) is 3.70. The molecule has 0 N–H and O–H groups in total. The highest BCUT2D eigenvalue weighted by Gasteiger charge is 1.68. The second-order valence-electron chi connectivity index (χ2n) is 3.70. The van der Waals surface area contributed by atoms with Gasteiger partial charge in [0.15, 0.2) is 0 Å². The summed E-state index contributed by atoms with van der Waals surface area (Å²) in [7, 11) is 1.71. The van der Waals surface area contributed by atoms with E-state index in [9.17, 15) is 0 Å². The summed E-state index contributed by atoms with van der Waals surface area (Å²) in [4.78, 5) is 0. The fourth-order valence-corrected chi connectivity index (χ4v) is 0.911. The van der Waals surface area contributed by atoms with Crippen LogP contribution in [0.5, 0.6) is 0 Å². The smallest absolute Gasteiger partial charge is 0.0459 e. The van der Waals surface area contributed by atoms with Gasteiger partial charge >= 0.3 is 0 Å². The molecule has 0 aliphatic rings. The van der Waals surface area contributed by atoms with E-state index in [0.717, 1.165) is 13.0 Å². The van der Waals surface area contributed by atoms with Crippen LogP contribution in [0.25, 0.3) is 0 Å². The minimum Gasteiger partial charge on any atom is -0.385 e. The lowest BCUT2D eigenvalue weighted by atomic mass is 10.3. The molecule has 0 aliphatic heterocycles. The second kappa shape index (κ2) is 29.2. The molecule has 0 aromatic rings. The third-order valence-corrected chi connectivity index (χ3v) is 1.82. The summed E-state index contributed by atoms with van der Waals surface area (Å²) in [5.74, 6) is 0. The van der Waals surface area contributed by atoms with Gasteiger partial charge in [0.05, 0.1) is 0 Å². The Kier molecular flexibility index (Phi) is 39.7. The van der Waals surface area contributed by atoms with E-state index in [2.05, 4.69) is 34.6 Å². The van der Waals surface area contributed by atoms with Gasteiger partial charge in [-0.3, -0.25) is 0 Å². The van der Waals surface area contributed by atoms with Crippen LogP contribution in [0, 0.1) is 0 Å². The summed E-state index contributed by atoms with van der Waals surface area (Å²) >= 11 is 0. The summed E-state index contributed by atoms with van der Waals surface area (Å²) in [5, 5.41) is 0. The molecule has 96 valence electrons. The first-order valence-electron chi connectivity index (χ1n) is 6.73. The van der Waals surface area contributed by atoms with Crippen LogP contribution in [0.4, 0.5) is 0 Å². The van der Waals surface area contributed by atoms with Crippen molar-refractivity contribution in [3.63, 3.8) is 0 Å². The lowest BCUT2D eigenvalue weighted by molar-refractivity contribution is 0.199. The summed E-state index contributed by atoms with van der Waals surface area (Å²) in [5.41, 5.74) is 0.